The first-order chi connectivity index (χ1) is 12.8. The lowest BCUT2D eigenvalue weighted by Crippen LogP contribution is -2.27. The van der Waals surface area contributed by atoms with E-state index in [1.54, 1.807) is 19.1 Å². The van der Waals surface area contributed by atoms with Gasteiger partial charge in [-0.25, -0.2) is 9.78 Å². The van der Waals surface area contributed by atoms with Crippen LogP contribution >= 0.6 is 11.6 Å². The van der Waals surface area contributed by atoms with Crippen LogP contribution in [0.4, 0.5) is 0 Å². The second-order valence-electron chi connectivity index (χ2n) is 6.66. The monoisotopic (exact) mass is 390 g/mol. The molecule has 0 saturated carbocycles. The fourth-order valence-corrected chi connectivity index (χ4v) is 2.55. The molecule has 0 unspecified atom stereocenters. The summed E-state index contributed by atoms with van der Waals surface area (Å²) in [6, 6.07) is 7.54. The maximum Gasteiger partial charge on any atom is 0.335 e. The zero-order valence-corrected chi connectivity index (χ0v) is 16.3. The number of ether oxygens (including phenoxy) is 1. The third-order valence-electron chi connectivity index (χ3n) is 3.98. The first-order valence-corrected chi connectivity index (χ1v) is 9.08. The summed E-state index contributed by atoms with van der Waals surface area (Å²) in [4.78, 5) is 28.0. The molecule has 144 valence electrons. The van der Waals surface area contributed by atoms with Crippen molar-refractivity contribution in [1.82, 2.24) is 10.3 Å². The van der Waals surface area contributed by atoms with Gasteiger partial charge in [-0.1, -0.05) is 37.6 Å². The number of pyridine rings is 1. The first-order valence-electron chi connectivity index (χ1n) is 8.70. The number of rotatable bonds is 8. The van der Waals surface area contributed by atoms with Gasteiger partial charge in [-0.2, -0.15) is 0 Å². The molecule has 0 aliphatic heterocycles. The van der Waals surface area contributed by atoms with Crippen LogP contribution in [0.15, 0.2) is 36.5 Å². The number of aromatic nitrogens is 1. The molecule has 0 aliphatic carbocycles. The summed E-state index contributed by atoms with van der Waals surface area (Å²) >= 11 is 5.99. The van der Waals surface area contributed by atoms with Crippen LogP contribution in [0.3, 0.4) is 0 Å². The maximum atomic E-state index is 12.7. The number of carboxylic acids is 1. The van der Waals surface area contributed by atoms with Crippen molar-refractivity contribution >= 4 is 23.5 Å². The van der Waals surface area contributed by atoms with Crippen LogP contribution < -0.4 is 10.1 Å². The van der Waals surface area contributed by atoms with Gasteiger partial charge in [0.2, 0.25) is 5.88 Å². The number of hydrogen-bond acceptors (Lipinski definition) is 4. The Balaban J connectivity index is 2.15. The second kappa shape index (κ2) is 9.37. The third kappa shape index (κ3) is 5.96. The molecule has 0 aliphatic rings. The lowest BCUT2D eigenvalue weighted by molar-refractivity contribution is 0.0696. The second-order valence-corrected chi connectivity index (χ2v) is 7.10. The van der Waals surface area contributed by atoms with Gasteiger partial charge in [0.15, 0.2) is 0 Å². The summed E-state index contributed by atoms with van der Waals surface area (Å²) in [5, 5.41) is 12.3. The van der Waals surface area contributed by atoms with Crippen LogP contribution in [0.2, 0.25) is 5.02 Å². The van der Waals surface area contributed by atoms with Gasteiger partial charge in [0.1, 0.15) is 5.56 Å². The van der Waals surface area contributed by atoms with E-state index in [2.05, 4.69) is 24.1 Å². The molecule has 6 nitrogen and oxygen atoms in total. The Morgan fingerprint density at radius 1 is 1.26 bits per heavy atom. The quantitative estimate of drug-likeness (QED) is 0.699. The number of aromatic carboxylic acids is 1. The number of carbonyl (C=O) groups excluding carboxylic acids is 1. The average molecular weight is 391 g/mol. The number of amides is 1. The van der Waals surface area contributed by atoms with E-state index in [0.29, 0.717) is 23.1 Å². The molecule has 0 spiro atoms. The molecule has 1 atom stereocenters. The van der Waals surface area contributed by atoms with Crippen molar-refractivity contribution in [3.05, 3.63) is 58.2 Å². The number of nitrogens with one attached hydrogen (secondary N) is 1. The van der Waals surface area contributed by atoms with Crippen LogP contribution in [0, 0.1) is 5.92 Å². The average Bonchev–Trinajstić information content (AvgIpc) is 2.62. The van der Waals surface area contributed by atoms with Gasteiger partial charge in [0.25, 0.3) is 5.91 Å². The predicted octanol–water partition coefficient (Wildman–Crippen LogP) is 4.35. The van der Waals surface area contributed by atoms with Crippen LogP contribution in [-0.2, 0) is 0 Å². The van der Waals surface area contributed by atoms with E-state index in [4.69, 9.17) is 21.4 Å². The SMILES string of the molecule is CC(C)CCOc1ncc(Cl)cc1C(=O)N[C@@H](C)c1cccc(C(=O)O)c1. The smallest absolute Gasteiger partial charge is 0.335 e. The highest BCUT2D eigenvalue weighted by molar-refractivity contribution is 6.30. The summed E-state index contributed by atoms with van der Waals surface area (Å²) < 4.78 is 5.65. The topological polar surface area (TPSA) is 88.5 Å². The maximum absolute atomic E-state index is 12.7. The van der Waals surface area contributed by atoms with Crippen LogP contribution in [0.5, 0.6) is 5.88 Å². The molecular weight excluding hydrogens is 368 g/mol. The summed E-state index contributed by atoms with van der Waals surface area (Å²) in [6.45, 7) is 6.39. The van der Waals surface area contributed by atoms with E-state index >= 15 is 0 Å². The number of carbonyl (C=O) groups is 2. The zero-order chi connectivity index (χ0) is 20.0. The van der Waals surface area contributed by atoms with Gasteiger partial charge < -0.3 is 15.2 Å². The van der Waals surface area contributed by atoms with Crippen molar-refractivity contribution in [1.29, 1.82) is 0 Å². The highest BCUT2D eigenvalue weighted by atomic mass is 35.5. The molecule has 2 N–H and O–H groups in total. The Labute approximate surface area is 163 Å². The van der Waals surface area contributed by atoms with Gasteiger partial charge in [-0.05, 0) is 43.0 Å². The summed E-state index contributed by atoms with van der Waals surface area (Å²) in [5.74, 6) is -0.715. The number of hydrogen-bond donors (Lipinski definition) is 2. The van der Waals surface area contributed by atoms with Crippen molar-refractivity contribution in [2.45, 2.75) is 33.2 Å². The molecule has 0 bridgehead atoms. The molecule has 0 radical (unpaired) electrons. The van der Waals surface area contributed by atoms with E-state index < -0.39 is 17.9 Å². The Hall–Kier alpha value is -2.60. The normalized spacial score (nSPS) is 11.9. The largest absolute Gasteiger partial charge is 0.478 e. The van der Waals surface area contributed by atoms with Crippen LogP contribution in [-0.4, -0.2) is 28.6 Å². The van der Waals surface area contributed by atoms with Gasteiger partial charge in [-0.3, -0.25) is 4.79 Å². The summed E-state index contributed by atoms with van der Waals surface area (Å²) in [7, 11) is 0. The Bertz CT molecular complexity index is 823. The van der Waals surface area contributed by atoms with Crippen molar-refractivity contribution in [2.75, 3.05) is 6.61 Å². The number of halogens is 1. The Morgan fingerprint density at radius 3 is 2.67 bits per heavy atom. The third-order valence-corrected chi connectivity index (χ3v) is 4.18. The van der Waals surface area contributed by atoms with Gasteiger partial charge in [-0.15, -0.1) is 0 Å². The molecule has 7 heteroatoms. The minimum Gasteiger partial charge on any atom is -0.478 e. The van der Waals surface area contributed by atoms with E-state index in [1.165, 1.54) is 24.4 Å². The molecule has 27 heavy (non-hydrogen) atoms. The first kappa shape index (κ1) is 20.7. The lowest BCUT2D eigenvalue weighted by atomic mass is 10.0. The highest BCUT2D eigenvalue weighted by Crippen LogP contribution is 2.22. The van der Waals surface area contributed by atoms with Gasteiger partial charge >= 0.3 is 5.97 Å². The minimum absolute atomic E-state index is 0.163. The van der Waals surface area contributed by atoms with Crippen molar-refractivity contribution < 1.29 is 19.4 Å². The van der Waals surface area contributed by atoms with Crippen molar-refractivity contribution in [3.63, 3.8) is 0 Å². The summed E-state index contributed by atoms with van der Waals surface area (Å²) in [5.41, 5.74) is 1.09. The molecule has 2 aromatic rings. The molecule has 1 aromatic heterocycles. The van der Waals surface area contributed by atoms with Gasteiger partial charge in [0.05, 0.1) is 23.2 Å². The summed E-state index contributed by atoms with van der Waals surface area (Å²) in [6.07, 6.45) is 2.27. The highest BCUT2D eigenvalue weighted by Gasteiger charge is 2.18. The van der Waals surface area contributed by atoms with E-state index in [0.717, 1.165) is 6.42 Å². The van der Waals surface area contributed by atoms with Crippen LogP contribution in [0.1, 0.15) is 59.5 Å². The number of carboxylic acid groups (broad SMARTS) is 1. The fraction of sp³-hybridized carbons (Fsp3) is 0.350. The van der Waals surface area contributed by atoms with Gasteiger partial charge in [0, 0.05) is 6.20 Å². The zero-order valence-electron chi connectivity index (χ0n) is 15.5. The van der Waals surface area contributed by atoms with Crippen LogP contribution in [0.25, 0.3) is 0 Å². The van der Waals surface area contributed by atoms with E-state index in [1.807, 2.05) is 0 Å². The number of nitrogens with zero attached hydrogens (tertiary/aromatic N) is 1. The molecule has 1 heterocycles. The van der Waals surface area contributed by atoms with E-state index in [9.17, 15) is 9.59 Å². The van der Waals surface area contributed by atoms with Crippen molar-refractivity contribution in [3.8, 4) is 5.88 Å². The molecular formula is C20H23ClN2O4. The molecule has 1 amide bonds. The fourth-order valence-electron chi connectivity index (χ4n) is 2.39. The Morgan fingerprint density at radius 2 is 2.00 bits per heavy atom. The predicted molar refractivity (Wildman–Crippen MR) is 103 cm³/mol. The van der Waals surface area contributed by atoms with E-state index in [-0.39, 0.29) is 17.0 Å². The Kier molecular flexibility index (Phi) is 7.19. The lowest BCUT2D eigenvalue weighted by Gasteiger charge is -2.17. The number of benzene rings is 1. The molecule has 0 saturated heterocycles. The standard InChI is InChI=1S/C20H23ClN2O4/c1-12(2)7-8-27-19-17(10-16(21)11-22-19)18(24)23-13(3)14-5-4-6-15(9-14)20(25)26/h4-6,9-13H,7-8H2,1-3H3,(H,23,24)(H,25,26)/t13-/m0/s1. The minimum atomic E-state index is -1.02. The molecule has 2 rings (SSSR count). The molecule has 0 fully saturated rings. The van der Waals surface area contributed by atoms with Crippen molar-refractivity contribution in [2.24, 2.45) is 5.92 Å². The molecule has 1 aromatic carbocycles.